The first-order valence-corrected chi connectivity index (χ1v) is 14.4. The second kappa shape index (κ2) is 13.6. The van der Waals surface area contributed by atoms with Crippen molar-refractivity contribution >= 4 is 22.8 Å². The SMILES string of the molecule is CCOC(=O)C1CCCN(C(=O)c2coc(CN(CCc3c[nH]c4ccccc34)Cc3cccc(OC)c3OC)n2)C1. The molecule has 10 nitrogen and oxygen atoms in total. The lowest BCUT2D eigenvalue weighted by Gasteiger charge is -2.30. The van der Waals surface area contributed by atoms with Gasteiger partial charge in [-0.25, -0.2) is 4.98 Å². The maximum Gasteiger partial charge on any atom is 0.310 e. The number of piperidine rings is 1. The number of hydrogen-bond acceptors (Lipinski definition) is 8. The molecule has 0 saturated carbocycles. The predicted octanol–water partition coefficient (Wildman–Crippen LogP) is 4.83. The second-order valence-electron chi connectivity index (χ2n) is 10.4. The number of oxazole rings is 1. The fourth-order valence-corrected chi connectivity index (χ4v) is 5.60. The van der Waals surface area contributed by atoms with E-state index in [-0.39, 0.29) is 23.5 Å². The standard InChI is InChI=1S/C32H38N4O6/c1-4-41-32(38)24-10-8-15-36(19-24)31(37)27-21-42-29(34-27)20-35(18-23-9-7-13-28(39-2)30(23)40-3)16-14-22-17-33-26-12-6-5-11-25(22)26/h5-7,9,11-13,17,21,24,33H,4,8,10,14-16,18-20H2,1-3H3. The summed E-state index contributed by atoms with van der Waals surface area (Å²) in [7, 11) is 3.26. The zero-order valence-electron chi connectivity index (χ0n) is 24.4. The molecule has 3 heterocycles. The van der Waals surface area contributed by atoms with Gasteiger partial charge in [0.1, 0.15) is 6.26 Å². The van der Waals surface area contributed by atoms with Gasteiger partial charge in [0.05, 0.1) is 33.3 Å². The topological polar surface area (TPSA) is 110 Å². The molecule has 4 aromatic rings. The lowest BCUT2D eigenvalue weighted by atomic mass is 9.98. The molecule has 0 aliphatic carbocycles. The van der Waals surface area contributed by atoms with Gasteiger partial charge >= 0.3 is 5.97 Å². The van der Waals surface area contributed by atoms with Crippen molar-refractivity contribution in [2.45, 2.75) is 39.3 Å². The number of amides is 1. The average Bonchev–Trinajstić information content (AvgIpc) is 3.66. The Morgan fingerprint density at radius 3 is 2.76 bits per heavy atom. The quantitative estimate of drug-likeness (QED) is 0.240. The van der Waals surface area contributed by atoms with Crippen LogP contribution < -0.4 is 9.47 Å². The van der Waals surface area contributed by atoms with Crippen molar-refractivity contribution in [3.05, 3.63) is 77.6 Å². The van der Waals surface area contributed by atoms with Crippen LogP contribution in [0.15, 0.2) is 59.3 Å². The molecule has 1 unspecified atom stereocenters. The van der Waals surface area contributed by atoms with Crippen molar-refractivity contribution in [1.29, 1.82) is 0 Å². The maximum atomic E-state index is 13.3. The Hall–Kier alpha value is -4.31. The number of nitrogens with one attached hydrogen (secondary N) is 1. The number of H-pyrrole nitrogens is 1. The van der Waals surface area contributed by atoms with Crippen molar-refractivity contribution in [2.75, 3.05) is 40.5 Å². The highest BCUT2D eigenvalue weighted by atomic mass is 16.5. The molecule has 1 fully saturated rings. The number of aromatic amines is 1. The predicted molar refractivity (Wildman–Crippen MR) is 157 cm³/mol. The molecule has 2 aromatic carbocycles. The summed E-state index contributed by atoms with van der Waals surface area (Å²) in [6, 6.07) is 14.1. The van der Waals surface area contributed by atoms with Gasteiger partial charge in [-0.15, -0.1) is 0 Å². The smallest absolute Gasteiger partial charge is 0.310 e. The van der Waals surface area contributed by atoms with Gasteiger partial charge in [0.2, 0.25) is 5.89 Å². The zero-order chi connectivity index (χ0) is 29.5. The van der Waals surface area contributed by atoms with Crippen LogP contribution in [0.4, 0.5) is 0 Å². The van der Waals surface area contributed by atoms with E-state index in [0.29, 0.717) is 63.1 Å². The number of likely N-dealkylation sites (tertiary alicyclic amines) is 1. The molecule has 1 aliphatic heterocycles. The van der Waals surface area contributed by atoms with E-state index in [0.717, 1.165) is 23.9 Å². The first-order valence-electron chi connectivity index (χ1n) is 14.4. The molecule has 1 saturated heterocycles. The number of carbonyl (C=O) groups excluding carboxylic acids is 2. The Bertz CT molecular complexity index is 1510. The number of fused-ring (bicyclic) bond motifs is 1. The summed E-state index contributed by atoms with van der Waals surface area (Å²) < 4.78 is 22.2. The molecule has 1 aliphatic rings. The number of methoxy groups -OCH3 is 2. The van der Waals surface area contributed by atoms with Crippen LogP contribution in [0.2, 0.25) is 0 Å². The lowest BCUT2D eigenvalue weighted by Crippen LogP contribution is -2.43. The number of nitrogens with zero attached hydrogens (tertiary/aromatic N) is 3. The van der Waals surface area contributed by atoms with Crippen LogP contribution in [-0.4, -0.2) is 72.1 Å². The Morgan fingerprint density at radius 1 is 1.10 bits per heavy atom. The number of aromatic nitrogens is 2. The van der Waals surface area contributed by atoms with Gasteiger partial charge in [0.15, 0.2) is 17.2 Å². The highest BCUT2D eigenvalue weighted by molar-refractivity contribution is 5.92. The molecule has 1 atom stereocenters. The molecule has 10 heteroatoms. The number of esters is 1. The summed E-state index contributed by atoms with van der Waals surface area (Å²) >= 11 is 0. The Labute approximate surface area is 245 Å². The van der Waals surface area contributed by atoms with Crippen LogP contribution in [0.1, 0.15) is 47.3 Å². The number of carbonyl (C=O) groups is 2. The van der Waals surface area contributed by atoms with Crippen LogP contribution in [-0.2, 0) is 29.0 Å². The molecule has 5 rings (SSSR count). The van der Waals surface area contributed by atoms with Gasteiger partial charge in [0.25, 0.3) is 5.91 Å². The normalized spacial score (nSPS) is 15.2. The Kier molecular flexibility index (Phi) is 9.43. The van der Waals surface area contributed by atoms with Gasteiger partial charge in [-0.1, -0.05) is 30.3 Å². The minimum absolute atomic E-state index is 0.237. The molecule has 222 valence electrons. The Balaban J connectivity index is 1.32. The third-order valence-corrected chi connectivity index (χ3v) is 7.71. The van der Waals surface area contributed by atoms with Crippen LogP contribution in [0, 0.1) is 5.92 Å². The zero-order valence-corrected chi connectivity index (χ0v) is 24.4. The van der Waals surface area contributed by atoms with E-state index in [9.17, 15) is 9.59 Å². The molecular formula is C32H38N4O6. The number of para-hydroxylation sites is 2. The fourth-order valence-electron chi connectivity index (χ4n) is 5.60. The molecule has 42 heavy (non-hydrogen) atoms. The minimum atomic E-state index is -0.313. The summed E-state index contributed by atoms with van der Waals surface area (Å²) in [6.07, 6.45) is 5.72. The van der Waals surface area contributed by atoms with E-state index in [2.05, 4.69) is 33.2 Å². The highest BCUT2D eigenvalue weighted by Gasteiger charge is 2.31. The largest absolute Gasteiger partial charge is 0.493 e. The highest BCUT2D eigenvalue weighted by Crippen LogP contribution is 2.32. The van der Waals surface area contributed by atoms with E-state index >= 15 is 0 Å². The third kappa shape index (κ3) is 6.60. The number of hydrogen-bond donors (Lipinski definition) is 1. The molecule has 1 N–H and O–H groups in total. The Morgan fingerprint density at radius 2 is 1.95 bits per heavy atom. The van der Waals surface area contributed by atoms with Crippen molar-refractivity contribution in [1.82, 2.24) is 19.8 Å². The van der Waals surface area contributed by atoms with Crippen LogP contribution in [0.3, 0.4) is 0 Å². The lowest BCUT2D eigenvalue weighted by molar-refractivity contribution is -0.149. The second-order valence-corrected chi connectivity index (χ2v) is 10.4. The minimum Gasteiger partial charge on any atom is -0.493 e. The number of rotatable bonds is 12. The van der Waals surface area contributed by atoms with Gasteiger partial charge in [-0.2, -0.15) is 0 Å². The van der Waals surface area contributed by atoms with Crippen molar-refractivity contribution in [3.8, 4) is 11.5 Å². The van der Waals surface area contributed by atoms with Gasteiger partial charge in [0, 0.05) is 48.8 Å². The number of ether oxygens (including phenoxy) is 3. The molecule has 2 aromatic heterocycles. The van der Waals surface area contributed by atoms with Gasteiger partial charge in [-0.3, -0.25) is 14.5 Å². The van der Waals surface area contributed by atoms with E-state index in [1.807, 2.05) is 30.3 Å². The van der Waals surface area contributed by atoms with E-state index < -0.39 is 0 Å². The molecule has 0 bridgehead atoms. The van der Waals surface area contributed by atoms with Crippen LogP contribution in [0.25, 0.3) is 10.9 Å². The van der Waals surface area contributed by atoms with Crippen molar-refractivity contribution in [3.63, 3.8) is 0 Å². The first kappa shape index (κ1) is 29.2. The summed E-state index contributed by atoms with van der Waals surface area (Å²) in [5.74, 6) is 0.985. The molecular weight excluding hydrogens is 536 g/mol. The fraction of sp³-hybridized carbons (Fsp3) is 0.406. The summed E-state index contributed by atoms with van der Waals surface area (Å²) in [4.78, 5) is 37.4. The molecule has 1 amide bonds. The molecule has 0 spiro atoms. The molecule has 0 radical (unpaired) electrons. The summed E-state index contributed by atoms with van der Waals surface area (Å²) in [6.45, 7) is 4.67. The van der Waals surface area contributed by atoms with Gasteiger partial charge in [-0.05, 0) is 43.9 Å². The third-order valence-electron chi connectivity index (χ3n) is 7.71. The summed E-state index contributed by atoms with van der Waals surface area (Å²) in [5, 5.41) is 1.20. The first-order chi connectivity index (χ1) is 20.5. The summed E-state index contributed by atoms with van der Waals surface area (Å²) in [5.41, 5.74) is 3.53. The van der Waals surface area contributed by atoms with Crippen molar-refractivity contribution in [2.24, 2.45) is 5.92 Å². The number of benzene rings is 2. The average molecular weight is 575 g/mol. The van der Waals surface area contributed by atoms with Crippen LogP contribution >= 0.6 is 0 Å². The van der Waals surface area contributed by atoms with E-state index in [1.165, 1.54) is 17.2 Å². The van der Waals surface area contributed by atoms with Crippen LogP contribution in [0.5, 0.6) is 11.5 Å². The van der Waals surface area contributed by atoms with E-state index in [1.54, 1.807) is 26.0 Å². The van der Waals surface area contributed by atoms with Crippen molar-refractivity contribution < 1.29 is 28.2 Å². The van der Waals surface area contributed by atoms with E-state index in [4.69, 9.17) is 18.6 Å². The maximum absolute atomic E-state index is 13.3. The van der Waals surface area contributed by atoms with Gasteiger partial charge < -0.3 is 28.5 Å². The monoisotopic (exact) mass is 574 g/mol.